The first-order valence-electron chi connectivity index (χ1n) is 7.74. The Labute approximate surface area is 126 Å². The zero-order valence-corrected chi connectivity index (χ0v) is 13.3. The molecule has 1 saturated heterocycles. The molecule has 2 aliphatic rings. The minimum absolute atomic E-state index is 0.0846. The van der Waals surface area contributed by atoms with Crippen LogP contribution >= 0.6 is 11.8 Å². The highest BCUT2D eigenvalue weighted by atomic mass is 32.2. The third-order valence-electron chi connectivity index (χ3n) is 4.06. The topological polar surface area (TPSA) is 21.3 Å². The average molecular weight is 291 g/mol. The maximum Gasteiger partial charge on any atom is 0.0677 e. The molecule has 0 spiro atoms. The predicted octanol–water partition coefficient (Wildman–Crippen LogP) is 3.99. The van der Waals surface area contributed by atoms with Gasteiger partial charge in [-0.3, -0.25) is 0 Å². The summed E-state index contributed by atoms with van der Waals surface area (Å²) < 4.78 is 6.05. The van der Waals surface area contributed by atoms with Crippen molar-refractivity contribution in [3.8, 4) is 0 Å². The van der Waals surface area contributed by atoms with Gasteiger partial charge in [0.1, 0.15) is 0 Å². The molecule has 1 saturated carbocycles. The highest BCUT2D eigenvalue weighted by Gasteiger charge is 2.31. The van der Waals surface area contributed by atoms with E-state index in [0.717, 1.165) is 18.3 Å². The lowest BCUT2D eigenvalue weighted by atomic mass is 10.1. The fourth-order valence-corrected chi connectivity index (χ4v) is 3.70. The summed E-state index contributed by atoms with van der Waals surface area (Å²) in [5.41, 5.74) is 1.48. The van der Waals surface area contributed by atoms with Crippen molar-refractivity contribution in [2.24, 2.45) is 0 Å². The van der Waals surface area contributed by atoms with E-state index in [2.05, 4.69) is 43.4 Å². The standard InChI is InChI=1S/C17H25NOS/c1-17(2)9-8-15(19-17)12-20-16-5-3-4-13(10-16)11-18-14-6-7-14/h3-5,10,14-15,18H,6-9,11-12H2,1-2H3. The van der Waals surface area contributed by atoms with E-state index < -0.39 is 0 Å². The van der Waals surface area contributed by atoms with Crippen molar-refractivity contribution >= 4 is 11.8 Å². The Morgan fingerprint density at radius 2 is 2.15 bits per heavy atom. The molecule has 1 aromatic rings. The van der Waals surface area contributed by atoms with Crippen LogP contribution in [-0.2, 0) is 11.3 Å². The summed E-state index contributed by atoms with van der Waals surface area (Å²) in [7, 11) is 0. The Bertz CT molecular complexity index is 456. The Balaban J connectivity index is 1.48. The molecule has 3 rings (SSSR count). The van der Waals surface area contributed by atoms with Crippen LogP contribution in [-0.4, -0.2) is 23.5 Å². The predicted molar refractivity (Wildman–Crippen MR) is 85.2 cm³/mol. The summed E-state index contributed by atoms with van der Waals surface area (Å²) in [6.07, 6.45) is 5.50. The van der Waals surface area contributed by atoms with Crippen LogP contribution in [0.1, 0.15) is 45.1 Å². The lowest BCUT2D eigenvalue weighted by molar-refractivity contribution is -0.00466. The zero-order chi connectivity index (χ0) is 14.0. The van der Waals surface area contributed by atoms with Gasteiger partial charge < -0.3 is 10.1 Å². The zero-order valence-electron chi connectivity index (χ0n) is 12.5. The molecular formula is C17H25NOS. The van der Waals surface area contributed by atoms with Crippen molar-refractivity contribution in [3.05, 3.63) is 29.8 Å². The summed E-state index contributed by atoms with van der Waals surface area (Å²) in [5.74, 6) is 1.07. The molecule has 0 bridgehead atoms. The van der Waals surface area contributed by atoms with Crippen LogP contribution in [0.15, 0.2) is 29.2 Å². The van der Waals surface area contributed by atoms with Crippen LogP contribution < -0.4 is 5.32 Å². The molecule has 0 aromatic heterocycles. The van der Waals surface area contributed by atoms with E-state index in [1.54, 1.807) is 0 Å². The fraction of sp³-hybridized carbons (Fsp3) is 0.647. The van der Waals surface area contributed by atoms with Gasteiger partial charge in [0, 0.05) is 23.2 Å². The first-order valence-corrected chi connectivity index (χ1v) is 8.72. The second-order valence-electron chi connectivity index (χ2n) is 6.65. The van der Waals surface area contributed by atoms with Gasteiger partial charge in [-0.2, -0.15) is 0 Å². The van der Waals surface area contributed by atoms with Crippen LogP contribution in [0.2, 0.25) is 0 Å². The van der Waals surface area contributed by atoms with Crippen LogP contribution in [0.25, 0.3) is 0 Å². The molecule has 0 amide bonds. The number of rotatable bonds is 6. The minimum Gasteiger partial charge on any atom is -0.371 e. The number of thioether (sulfide) groups is 1. The Morgan fingerprint density at radius 3 is 2.85 bits per heavy atom. The molecule has 1 atom stereocenters. The molecule has 20 heavy (non-hydrogen) atoms. The van der Waals surface area contributed by atoms with E-state index in [0.29, 0.717) is 6.10 Å². The lowest BCUT2D eigenvalue weighted by Gasteiger charge is -2.19. The quantitative estimate of drug-likeness (QED) is 0.801. The lowest BCUT2D eigenvalue weighted by Crippen LogP contribution is -2.21. The van der Waals surface area contributed by atoms with Gasteiger partial charge in [0.05, 0.1) is 11.7 Å². The van der Waals surface area contributed by atoms with Crippen molar-refractivity contribution < 1.29 is 4.74 Å². The maximum atomic E-state index is 6.05. The van der Waals surface area contributed by atoms with Crippen LogP contribution in [0.5, 0.6) is 0 Å². The van der Waals surface area contributed by atoms with E-state index in [1.165, 1.54) is 36.1 Å². The number of ether oxygens (including phenoxy) is 1. The van der Waals surface area contributed by atoms with Gasteiger partial charge >= 0.3 is 0 Å². The summed E-state index contributed by atoms with van der Waals surface area (Å²) in [6.45, 7) is 5.40. The number of benzene rings is 1. The van der Waals surface area contributed by atoms with Crippen LogP contribution in [0.3, 0.4) is 0 Å². The van der Waals surface area contributed by atoms with Gasteiger partial charge in [-0.05, 0) is 57.2 Å². The van der Waals surface area contributed by atoms with Crippen molar-refractivity contribution in [1.29, 1.82) is 0 Å². The SMILES string of the molecule is CC1(C)CCC(CSc2cccc(CNC3CC3)c2)O1. The van der Waals surface area contributed by atoms with Crippen molar-refractivity contribution in [3.63, 3.8) is 0 Å². The second-order valence-corrected chi connectivity index (χ2v) is 7.75. The number of hydrogen-bond acceptors (Lipinski definition) is 3. The second kappa shape index (κ2) is 6.08. The minimum atomic E-state index is 0.0846. The van der Waals surface area contributed by atoms with Crippen molar-refractivity contribution in [2.45, 2.75) is 68.7 Å². The first-order chi connectivity index (χ1) is 9.61. The Morgan fingerprint density at radius 1 is 1.30 bits per heavy atom. The van der Waals surface area contributed by atoms with Gasteiger partial charge in [0.25, 0.3) is 0 Å². The molecule has 1 N–H and O–H groups in total. The monoisotopic (exact) mass is 291 g/mol. The molecular weight excluding hydrogens is 266 g/mol. The molecule has 3 heteroatoms. The highest BCUT2D eigenvalue weighted by Crippen LogP contribution is 2.32. The maximum absolute atomic E-state index is 6.05. The third-order valence-corrected chi connectivity index (χ3v) is 5.19. The summed E-state index contributed by atoms with van der Waals surface area (Å²) in [4.78, 5) is 1.37. The van der Waals surface area contributed by atoms with E-state index in [4.69, 9.17) is 4.74 Å². The Hall–Kier alpha value is -0.510. The molecule has 0 radical (unpaired) electrons. The summed E-state index contributed by atoms with van der Waals surface area (Å²) in [6, 6.07) is 9.70. The summed E-state index contributed by atoms with van der Waals surface area (Å²) >= 11 is 1.93. The molecule has 2 fully saturated rings. The van der Waals surface area contributed by atoms with E-state index >= 15 is 0 Å². The fourth-order valence-electron chi connectivity index (χ4n) is 2.68. The van der Waals surface area contributed by atoms with E-state index in [9.17, 15) is 0 Å². The van der Waals surface area contributed by atoms with Crippen LogP contribution in [0.4, 0.5) is 0 Å². The largest absolute Gasteiger partial charge is 0.371 e. The van der Waals surface area contributed by atoms with E-state index in [-0.39, 0.29) is 5.60 Å². The van der Waals surface area contributed by atoms with Crippen molar-refractivity contribution in [2.75, 3.05) is 5.75 Å². The molecule has 1 aromatic carbocycles. The molecule has 1 heterocycles. The molecule has 1 aliphatic carbocycles. The molecule has 1 unspecified atom stereocenters. The molecule has 2 nitrogen and oxygen atoms in total. The van der Waals surface area contributed by atoms with E-state index in [1.807, 2.05) is 11.8 Å². The molecule has 1 aliphatic heterocycles. The smallest absolute Gasteiger partial charge is 0.0677 e. The first kappa shape index (κ1) is 14.4. The highest BCUT2D eigenvalue weighted by molar-refractivity contribution is 7.99. The molecule has 110 valence electrons. The summed E-state index contributed by atoms with van der Waals surface area (Å²) in [5, 5.41) is 3.57. The average Bonchev–Trinajstić information content (AvgIpc) is 3.18. The van der Waals surface area contributed by atoms with Crippen LogP contribution in [0, 0.1) is 0 Å². The van der Waals surface area contributed by atoms with Gasteiger partial charge in [-0.25, -0.2) is 0 Å². The third kappa shape index (κ3) is 4.24. The van der Waals surface area contributed by atoms with Gasteiger partial charge in [-0.15, -0.1) is 11.8 Å². The normalized spacial score (nSPS) is 25.0. The number of nitrogens with one attached hydrogen (secondary N) is 1. The van der Waals surface area contributed by atoms with Crippen molar-refractivity contribution in [1.82, 2.24) is 5.32 Å². The van der Waals surface area contributed by atoms with Gasteiger partial charge in [-0.1, -0.05) is 12.1 Å². The van der Waals surface area contributed by atoms with Gasteiger partial charge in [0.15, 0.2) is 0 Å². The Kier molecular flexibility index (Phi) is 4.39. The van der Waals surface area contributed by atoms with Gasteiger partial charge in [0.2, 0.25) is 0 Å². The number of hydrogen-bond donors (Lipinski definition) is 1.